The molecule has 226 valence electrons. The molecule has 0 saturated heterocycles. The molecule has 0 radical (unpaired) electrons. The number of anilines is 1. The fourth-order valence-corrected chi connectivity index (χ4v) is 5.51. The first kappa shape index (κ1) is 30.1. The standard InChI is InChI=1S/C31H28N4O8S/c1-19-7-4-5-9-25(19)29(36)33-21-10-15-26(27(17-21)44(39,40)32-18-24-8-6-16-42-24)43-30-20(2)28(31(37)38)34-35(30)22-11-13-23(41-3)14-12-22/h4-17,32H,18H2,1-3H3,(H,33,36)(H,37,38). The number of aromatic nitrogens is 2. The average molecular weight is 617 g/mol. The first-order chi connectivity index (χ1) is 21.1. The number of benzene rings is 3. The van der Waals surface area contributed by atoms with Crippen LogP contribution in [0.2, 0.25) is 0 Å². The Morgan fingerprint density at radius 2 is 1.75 bits per heavy atom. The lowest BCUT2D eigenvalue weighted by Gasteiger charge is -2.16. The molecule has 12 nitrogen and oxygen atoms in total. The molecule has 2 aromatic heterocycles. The van der Waals surface area contributed by atoms with Gasteiger partial charge in [0.1, 0.15) is 22.2 Å². The van der Waals surface area contributed by atoms with Crippen LogP contribution in [0.1, 0.15) is 37.7 Å². The third-order valence-electron chi connectivity index (χ3n) is 6.69. The molecule has 0 aliphatic rings. The topological polar surface area (TPSA) is 162 Å². The van der Waals surface area contributed by atoms with E-state index in [2.05, 4.69) is 15.1 Å². The summed E-state index contributed by atoms with van der Waals surface area (Å²) in [6.45, 7) is 3.15. The molecular formula is C31H28N4O8S. The molecule has 0 spiro atoms. The van der Waals surface area contributed by atoms with Crippen LogP contribution in [-0.4, -0.2) is 42.3 Å². The van der Waals surface area contributed by atoms with Crippen LogP contribution in [0.15, 0.2) is 94.4 Å². The van der Waals surface area contributed by atoms with Gasteiger partial charge < -0.3 is 24.3 Å². The Kier molecular flexibility index (Phi) is 8.51. The van der Waals surface area contributed by atoms with Crippen molar-refractivity contribution in [2.75, 3.05) is 12.4 Å². The minimum absolute atomic E-state index is 0.0215. The Morgan fingerprint density at radius 1 is 1.00 bits per heavy atom. The number of furan rings is 1. The van der Waals surface area contributed by atoms with E-state index in [4.69, 9.17) is 13.9 Å². The van der Waals surface area contributed by atoms with Crippen molar-refractivity contribution in [1.29, 1.82) is 0 Å². The number of ether oxygens (including phenoxy) is 2. The van der Waals surface area contributed by atoms with Crippen LogP contribution in [0, 0.1) is 13.8 Å². The predicted octanol–water partition coefficient (Wildman–Crippen LogP) is 5.31. The molecule has 0 unspecified atom stereocenters. The van der Waals surface area contributed by atoms with Gasteiger partial charge in [-0.25, -0.2) is 17.9 Å². The minimum atomic E-state index is -4.28. The Bertz CT molecular complexity index is 1930. The number of carboxylic acid groups (broad SMARTS) is 1. The van der Waals surface area contributed by atoms with Crippen molar-refractivity contribution in [2.24, 2.45) is 0 Å². The van der Waals surface area contributed by atoms with Crippen molar-refractivity contribution in [2.45, 2.75) is 25.3 Å². The Morgan fingerprint density at radius 3 is 2.41 bits per heavy atom. The molecule has 1 amide bonds. The second kappa shape index (κ2) is 12.5. The summed E-state index contributed by atoms with van der Waals surface area (Å²) in [6.07, 6.45) is 1.42. The maximum atomic E-state index is 13.6. The van der Waals surface area contributed by atoms with Gasteiger partial charge >= 0.3 is 5.97 Å². The maximum absolute atomic E-state index is 13.6. The van der Waals surface area contributed by atoms with Crippen molar-refractivity contribution in [3.63, 3.8) is 0 Å². The molecule has 13 heteroatoms. The zero-order chi connectivity index (χ0) is 31.4. The summed E-state index contributed by atoms with van der Waals surface area (Å²) in [5, 5.41) is 16.7. The maximum Gasteiger partial charge on any atom is 0.356 e. The molecule has 0 aliphatic carbocycles. The quantitative estimate of drug-likeness (QED) is 0.178. The molecule has 0 fully saturated rings. The van der Waals surface area contributed by atoms with Crippen molar-refractivity contribution >= 4 is 27.6 Å². The minimum Gasteiger partial charge on any atom is -0.497 e. The lowest BCUT2D eigenvalue weighted by Crippen LogP contribution is -2.24. The molecule has 0 aliphatic heterocycles. The number of amides is 1. The van der Waals surface area contributed by atoms with Gasteiger partial charge in [0.2, 0.25) is 15.9 Å². The van der Waals surface area contributed by atoms with Gasteiger partial charge in [0.25, 0.3) is 5.91 Å². The van der Waals surface area contributed by atoms with Crippen LogP contribution in [-0.2, 0) is 16.6 Å². The molecule has 44 heavy (non-hydrogen) atoms. The number of carbonyl (C=O) groups is 2. The predicted molar refractivity (Wildman–Crippen MR) is 160 cm³/mol. The molecule has 3 N–H and O–H groups in total. The van der Waals surface area contributed by atoms with E-state index in [0.29, 0.717) is 22.8 Å². The summed E-state index contributed by atoms with van der Waals surface area (Å²) in [5.74, 6) is -0.935. The van der Waals surface area contributed by atoms with Crippen molar-refractivity contribution in [3.05, 3.63) is 113 Å². The average Bonchev–Trinajstić information content (AvgIpc) is 3.65. The third kappa shape index (κ3) is 6.33. The van der Waals surface area contributed by atoms with E-state index in [1.165, 1.54) is 43.2 Å². The van der Waals surface area contributed by atoms with Crippen LogP contribution in [0.3, 0.4) is 0 Å². The van der Waals surface area contributed by atoms with Crippen molar-refractivity contribution in [1.82, 2.24) is 14.5 Å². The van der Waals surface area contributed by atoms with E-state index in [1.807, 2.05) is 6.07 Å². The molecule has 0 atom stereocenters. The highest BCUT2D eigenvalue weighted by Crippen LogP contribution is 2.36. The summed E-state index contributed by atoms with van der Waals surface area (Å²) in [6, 6.07) is 21.0. The zero-order valence-corrected chi connectivity index (χ0v) is 24.7. The number of rotatable bonds is 11. The fraction of sp³-hybridized carbons (Fsp3) is 0.129. The van der Waals surface area contributed by atoms with E-state index in [9.17, 15) is 23.1 Å². The summed E-state index contributed by atoms with van der Waals surface area (Å²) >= 11 is 0. The second-order valence-electron chi connectivity index (χ2n) is 9.63. The number of aromatic carboxylic acids is 1. The Labute approximate surface area is 252 Å². The van der Waals surface area contributed by atoms with Gasteiger partial charge in [0.15, 0.2) is 5.69 Å². The molecule has 0 saturated carbocycles. The highest BCUT2D eigenvalue weighted by atomic mass is 32.2. The van der Waals surface area contributed by atoms with E-state index in [0.717, 1.165) is 5.56 Å². The molecular weight excluding hydrogens is 588 g/mol. The van der Waals surface area contributed by atoms with Crippen LogP contribution >= 0.6 is 0 Å². The van der Waals surface area contributed by atoms with Crippen LogP contribution in [0.5, 0.6) is 17.4 Å². The summed E-state index contributed by atoms with van der Waals surface area (Å²) in [5.41, 5.74) is 1.69. The second-order valence-corrected chi connectivity index (χ2v) is 11.4. The number of hydrogen-bond donors (Lipinski definition) is 3. The lowest BCUT2D eigenvalue weighted by atomic mass is 10.1. The lowest BCUT2D eigenvalue weighted by molar-refractivity contribution is 0.0689. The number of carboxylic acids is 1. The molecule has 5 rings (SSSR count). The van der Waals surface area contributed by atoms with E-state index in [-0.39, 0.29) is 40.0 Å². The molecule has 3 aromatic carbocycles. The zero-order valence-electron chi connectivity index (χ0n) is 23.9. The Balaban J connectivity index is 1.57. The fourth-order valence-electron chi connectivity index (χ4n) is 4.37. The monoisotopic (exact) mass is 616 g/mol. The van der Waals surface area contributed by atoms with Crippen LogP contribution in [0.4, 0.5) is 5.69 Å². The van der Waals surface area contributed by atoms with Gasteiger partial charge in [0, 0.05) is 16.8 Å². The largest absolute Gasteiger partial charge is 0.497 e. The van der Waals surface area contributed by atoms with E-state index < -0.39 is 21.9 Å². The Hall–Kier alpha value is -5.40. The van der Waals surface area contributed by atoms with E-state index in [1.54, 1.807) is 61.5 Å². The van der Waals surface area contributed by atoms with Crippen molar-refractivity contribution in [3.8, 4) is 23.1 Å². The SMILES string of the molecule is COc1ccc(-n2nc(C(=O)O)c(C)c2Oc2ccc(NC(=O)c3ccccc3C)cc2S(=O)(=O)NCc2ccco2)cc1. The van der Waals surface area contributed by atoms with Gasteiger partial charge in [-0.05, 0) is 80.1 Å². The third-order valence-corrected chi connectivity index (χ3v) is 8.11. The number of nitrogens with one attached hydrogen (secondary N) is 2. The molecule has 2 heterocycles. The first-order valence-electron chi connectivity index (χ1n) is 13.3. The van der Waals surface area contributed by atoms with Crippen molar-refractivity contribution < 1.29 is 37.0 Å². The summed E-state index contributed by atoms with van der Waals surface area (Å²) in [4.78, 5) is 24.7. The first-order valence-corrected chi connectivity index (χ1v) is 14.7. The molecule has 0 bridgehead atoms. The number of carbonyl (C=O) groups excluding carboxylic acids is 1. The number of hydrogen-bond acceptors (Lipinski definition) is 8. The molecule has 5 aromatic rings. The summed E-state index contributed by atoms with van der Waals surface area (Å²) in [7, 11) is -2.76. The van der Waals surface area contributed by atoms with E-state index >= 15 is 0 Å². The normalized spacial score (nSPS) is 11.2. The number of methoxy groups -OCH3 is 1. The van der Waals surface area contributed by atoms with Gasteiger partial charge in [0.05, 0.1) is 25.6 Å². The number of nitrogens with zero attached hydrogens (tertiary/aromatic N) is 2. The number of sulfonamides is 1. The van der Waals surface area contributed by atoms with Gasteiger partial charge in [-0.3, -0.25) is 4.79 Å². The highest BCUT2D eigenvalue weighted by Gasteiger charge is 2.27. The smallest absolute Gasteiger partial charge is 0.356 e. The number of aryl methyl sites for hydroxylation is 1. The van der Waals surface area contributed by atoms with Gasteiger partial charge in [-0.2, -0.15) is 9.78 Å². The highest BCUT2D eigenvalue weighted by molar-refractivity contribution is 7.89. The van der Waals surface area contributed by atoms with Crippen LogP contribution < -0.4 is 19.5 Å². The van der Waals surface area contributed by atoms with Crippen LogP contribution in [0.25, 0.3) is 5.69 Å². The van der Waals surface area contributed by atoms with Gasteiger partial charge in [-0.1, -0.05) is 18.2 Å². The summed E-state index contributed by atoms with van der Waals surface area (Å²) < 4.78 is 47.7. The van der Waals surface area contributed by atoms with Gasteiger partial charge in [-0.15, -0.1) is 0 Å².